The zero-order valence-corrected chi connectivity index (χ0v) is 15.8. The van der Waals surface area contributed by atoms with Gasteiger partial charge in [0.1, 0.15) is 5.56 Å². The normalized spacial score (nSPS) is 19.4. The number of morpholine rings is 1. The lowest BCUT2D eigenvalue weighted by Crippen LogP contribution is -2.55. The van der Waals surface area contributed by atoms with Gasteiger partial charge in [-0.1, -0.05) is 6.92 Å². The van der Waals surface area contributed by atoms with Gasteiger partial charge in [0.2, 0.25) is 0 Å². The Morgan fingerprint density at radius 1 is 1.30 bits per heavy atom. The summed E-state index contributed by atoms with van der Waals surface area (Å²) in [6.45, 7) is 7.18. The Morgan fingerprint density at radius 2 is 2.15 bits per heavy atom. The molecular formula is C20H23N5O2. The molecule has 0 saturated carbocycles. The number of fused-ring (bicyclic) bond motifs is 1. The first-order valence-electron chi connectivity index (χ1n) is 9.18. The van der Waals surface area contributed by atoms with Crippen LogP contribution in [0, 0.1) is 0 Å². The van der Waals surface area contributed by atoms with E-state index >= 15 is 0 Å². The lowest BCUT2D eigenvalue weighted by molar-refractivity contribution is -0.102. The van der Waals surface area contributed by atoms with E-state index in [-0.39, 0.29) is 17.6 Å². The Bertz CT molecular complexity index is 967. The van der Waals surface area contributed by atoms with Gasteiger partial charge in [-0.3, -0.25) is 9.78 Å². The number of amides is 1. The highest BCUT2D eigenvalue weighted by Crippen LogP contribution is 2.26. The van der Waals surface area contributed by atoms with E-state index in [0.29, 0.717) is 24.4 Å². The van der Waals surface area contributed by atoms with Crippen LogP contribution in [0.4, 0.5) is 0 Å². The molecule has 0 radical (unpaired) electrons. The fraction of sp³-hybridized carbons (Fsp3) is 0.400. The second kappa shape index (κ2) is 6.74. The van der Waals surface area contributed by atoms with Crippen LogP contribution < -0.4 is 0 Å². The molecule has 0 aliphatic carbocycles. The van der Waals surface area contributed by atoms with Crippen molar-refractivity contribution in [1.29, 1.82) is 0 Å². The van der Waals surface area contributed by atoms with Crippen molar-refractivity contribution in [2.45, 2.75) is 38.8 Å². The Labute approximate surface area is 158 Å². The Kier molecular flexibility index (Phi) is 4.39. The topological polar surface area (TPSA) is 72.6 Å². The number of carbonyl (C=O) groups excluding carboxylic acids is 1. The van der Waals surface area contributed by atoms with E-state index in [4.69, 9.17) is 4.74 Å². The smallest absolute Gasteiger partial charge is 0.259 e. The molecule has 0 aromatic carbocycles. The number of ether oxygens (including phenoxy) is 1. The predicted octanol–water partition coefficient (Wildman–Crippen LogP) is 2.82. The molecule has 3 aromatic rings. The van der Waals surface area contributed by atoms with Crippen molar-refractivity contribution in [1.82, 2.24) is 24.5 Å². The predicted molar refractivity (Wildman–Crippen MR) is 101 cm³/mol. The van der Waals surface area contributed by atoms with Crippen LogP contribution in [0.15, 0.2) is 43.0 Å². The van der Waals surface area contributed by atoms with Gasteiger partial charge in [0.25, 0.3) is 5.91 Å². The zero-order chi connectivity index (χ0) is 19.0. The molecule has 4 rings (SSSR count). The molecule has 1 amide bonds. The van der Waals surface area contributed by atoms with Gasteiger partial charge in [0, 0.05) is 30.7 Å². The number of aromatic nitrogens is 4. The maximum absolute atomic E-state index is 13.3. The average Bonchev–Trinajstić information content (AvgIpc) is 3.11. The molecule has 1 fully saturated rings. The van der Waals surface area contributed by atoms with Crippen molar-refractivity contribution in [3.8, 4) is 11.3 Å². The van der Waals surface area contributed by atoms with E-state index in [2.05, 4.69) is 22.0 Å². The summed E-state index contributed by atoms with van der Waals surface area (Å²) in [6.07, 6.45) is 7.66. The second-order valence-corrected chi connectivity index (χ2v) is 7.43. The molecule has 3 aromatic heterocycles. The largest absolute Gasteiger partial charge is 0.372 e. The minimum absolute atomic E-state index is 0.0518. The van der Waals surface area contributed by atoms with Gasteiger partial charge in [-0.2, -0.15) is 5.10 Å². The van der Waals surface area contributed by atoms with Gasteiger partial charge in [-0.25, -0.2) is 9.50 Å². The fourth-order valence-electron chi connectivity index (χ4n) is 3.50. The molecule has 140 valence electrons. The monoisotopic (exact) mass is 365 g/mol. The number of hydrogen-bond donors (Lipinski definition) is 0. The molecule has 1 unspecified atom stereocenters. The highest BCUT2D eigenvalue weighted by atomic mass is 16.5. The van der Waals surface area contributed by atoms with E-state index in [9.17, 15) is 4.79 Å². The Morgan fingerprint density at radius 3 is 2.89 bits per heavy atom. The summed E-state index contributed by atoms with van der Waals surface area (Å²) in [6, 6.07) is 5.77. The first kappa shape index (κ1) is 17.6. The molecule has 7 heteroatoms. The maximum Gasteiger partial charge on any atom is 0.259 e. The van der Waals surface area contributed by atoms with Crippen molar-refractivity contribution in [3.05, 3.63) is 48.5 Å². The zero-order valence-electron chi connectivity index (χ0n) is 15.8. The average molecular weight is 365 g/mol. The van der Waals surface area contributed by atoms with Gasteiger partial charge in [-0.15, -0.1) is 0 Å². The molecule has 0 spiro atoms. The summed E-state index contributed by atoms with van der Waals surface area (Å²) < 4.78 is 7.60. The van der Waals surface area contributed by atoms with Crippen molar-refractivity contribution >= 4 is 11.6 Å². The highest BCUT2D eigenvalue weighted by molar-refractivity contribution is 6.00. The number of carbonyl (C=O) groups is 1. The summed E-state index contributed by atoms with van der Waals surface area (Å²) in [5.41, 5.74) is 2.48. The van der Waals surface area contributed by atoms with E-state index < -0.39 is 0 Å². The van der Waals surface area contributed by atoms with Crippen molar-refractivity contribution in [3.63, 3.8) is 0 Å². The Balaban J connectivity index is 1.75. The molecule has 1 atom stereocenters. The minimum atomic E-state index is -0.363. The van der Waals surface area contributed by atoms with Crippen molar-refractivity contribution in [2.75, 3.05) is 13.2 Å². The van der Waals surface area contributed by atoms with Crippen molar-refractivity contribution < 1.29 is 9.53 Å². The molecule has 0 bridgehead atoms. The van der Waals surface area contributed by atoms with Crippen LogP contribution in [-0.2, 0) is 4.74 Å². The Hall–Kier alpha value is -2.80. The van der Waals surface area contributed by atoms with Crippen LogP contribution in [0.3, 0.4) is 0 Å². The van der Waals surface area contributed by atoms with Crippen LogP contribution >= 0.6 is 0 Å². The van der Waals surface area contributed by atoms with Crippen molar-refractivity contribution in [2.24, 2.45) is 0 Å². The number of rotatable bonds is 3. The van der Waals surface area contributed by atoms with Gasteiger partial charge in [-0.05, 0) is 38.5 Å². The minimum Gasteiger partial charge on any atom is -0.372 e. The molecule has 0 N–H and O–H groups in total. The maximum atomic E-state index is 13.3. The van der Waals surface area contributed by atoms with E-state index in [0.717, 1.165) is 17.7 Å². The SMILES string of the molecule is CCC1COC(C)(C)CN1C(=O)c1cnn2c(-c3cccnc3)ccnc12. The van der Waals surface area contributed by atoms with E-state index in [1.807, 2.05) is 36.9 Å². The molecule has 4 heterocycles. The third kappa shape index (κ3) is 3.19. The van der Waals surface area contributed by atoms with Crippen LogP contribution in [0.1, 0.15) is 37.6 Å². The van der Waals surface area contributed by atoms with E-state index in [1.54, 1.807) is 29.3 Å². The summed E-state index contributed by atoms with van der Waals surface area (Å²) in [7, 11) is 0. The first-order chi connectivity index (χ1) is 13.0. The summed E-state index contributed by atoms with van der Waals surface area (Å²) >= 11 is 0. The molecule has 7 nitrogen and oxygen atoms in total. The number of nitrogens with zero attached hydrogens (tertiary/aromatic N) is 5. The number of pyridine rings is 1. The lowest BCUT2D eigenvalue weighted by atomic mass is 10.0. The van der Waals surface area contributed by atoms with Crippen LogP contribution in [0.5, 0.6) is 0 Å². The first-order valence-corrected chi connectivity index (χ1v) is 9.18. The van der Waals surface area contributed by atoms with Crippen LogP contribution in [0.2, 0.25) is 0 Å². The summed E-state index contributed by atoms with van der Waals surface area (Å²) in [5, 5.41) is 4.45. The van der Waals surface area contributed by atoms with Gasteiger partial charge in [0.15, 0.2) is 5.65 Å². The molecule has 1 aliphatic rings. The summed E-state index contributed by atoms with van der Waals surface area (Å²) in [5.74, 6) is -0.0518. The molecule has 1 saturated heterocycles. The third-order valence-corrected chi connectivity index (χ3v) is 4.98. The van der Waals surface area contributed by atoms with Crippen LogP contribution in [-0.4, -0.2) is 55.2 Å². The van der Waals surface area contributed by atoms with Gasteiger partial charge >= 0.3 is 0 Å². The second-order valence-electron chi connectivity index (χ2n) is 7.43. The quantitative estimate of drug-likeness (QED) is 0.714. The van der Waals surface area contributed by atoms with Gasteiger partial charge < -0.3 is 9.64 Å². The van der Waals surface area contributed by atoms with Crippen LogP contribution in [0.25, 0.3) is 16.9 Å². The highest BCUT2D eigenvalue weighted by Gasteiger charge is 2.37. The van der Waals surface area contributed by atoms with Gasteiger partial charge in [0.05, 0.1) is 30.1 Å². The standard InChI is InChI=1S/C20H23N5O2/c1-4-15-12-27-20(2,3)13-24(15)19(26)16-11-23-25-17(7-9-22-18(16)25)14-6-5-8-21-10-14/h5-11,15H,4,12-13H2,1-3H3. The molecular weight excluding hydrogens is 342 g/mol. The third-order valence-electron chi connectivity index (χ3n) is 4.98. The molecule has 1 aliphatic heterocycles. The van der Waals surface area contributed by atoms with E-state index in [1.165, 1.54) is 0 Å². The lowest BCUT2D eigenvalue weighted by Gasteiger charge is -2.43. The number of hydrogen-bond acceptors (Lipinski definition) is 5. The summed E-state index contributed by atoms with van der Waals surface area (Å²) in [4.78, 5) is 23.8. The molecule has 27 heavy (non-hydrogen) atoms. The fourth-order valence-corrected chi connectivity index (χ4v) is 3.50.